The second kappa shape index (κ2) is 6.33. The van der Waals surface area contributed by atoms with Gasteiger partial charge in [-0.3, -0.25) is 0 Å². The zero-order valence-corrected chi connectivity index (χ0v) is 13.4. The van der Waals surface area contributed by atoms with Crippen molar-refractivity contribution >= 4 is 6.09 Å². The molecular weight excluding hydrogens is 252 g/mol. The summed E-state index contributed by atoms with van der Waals surface area (Å²) in [5.41, 5.74) is -0.413. The Bertz CT molecular complexity index is 330. The fraction of sp³-hybridized carbons (Fsp3) is 0.938. The van der Waals surface area contributed by atoms with E-state index in [9.17, 15) is 4.79 Å². The van der Waals surface area contributed by atoms with E-state index in [1.807, 2.05) is 20.8 Å². The molecule has 0 saturated heterocycles. The quantitative estimate of drug-likeness (QED) is 0.832. The third kappa shape index (κ3) is 4.97. The molecule has 4 nitrogen and oxygen atoms in total. The van der Waals surface area contributed by atoms with E-state index in [1.54, 1.807) is 0 Å². The van der Waals surface area contributed by atoms with E-state index in [2.05, 4.69) is 17.6 Å². The lowest BCUT2D eigenvalue weighted by atomic mass is 9.91. The molecule has 0 radical (unpaired) electrons. The van der Waals surface area contributed by atoms with Crippen molar-refractivity contribution in [3.8, 4) is 0 Å². The third-order valence-electron chi connectivity index (χ3n) is 4.34. The van der Waals surface area contributed by atoms with Crippen LogP contribution in [-0.2, 0) is 4.74 Å². The number of nitrogens with one attached hydrogen (secondary N) is 2. The molecule has 0 aromatic carbocycles. The Morgan fingerprint density at radius 3 is 2.25 bits per heavy atom. The molecule has 2 fully saturated rings. The maximum Gasteiger partial charge on any atom is 0.407 e. The minimum absolute atomic E-state index is 0.276. The molecule has 0 bridgehead atoms. The topological polar surface area (TPSA) is 50.4 Å². The highest BCUT2D eigenvalue weighted by Gasteiger charge is 2.37. The van der Waals surface area contributed by atoms with Crippen LogP contribution in [0.25, 0.3) is 0 Å². The molecule has 20 heavy (non-hydrogen) atoms. The molecule has 1 amide bonds. The standard InChI is InChI=1S/C16H30N2O2/c1-5-11-10-14(11)17-12-6-8-13(9-7-12)18-15(19)20-16(2,3)4/h11-14,17H,5-10H2,1-4H3,(H,18,19). The van der Waals surface area contributed by atoms with Crippen LogP contribution in [0.4, 0.5) is 4.79 Å². The van der Waals surface area contributed by atoms with Crippen LogP contribution in [0.15, 0.2) is 0 Å². The summed E-state index contributed by atoms with van der Waals surface area (Å²) in [6.07, 6.45) is 6.81. The molecule has 0 aromatic rings. The molecule has 2 atom stereocenters. The van der Waals surface area contributed by atoms with Crippen LogP contribution in [0.1, 0.15) is 66.2 Å². The van der Waals surface area contributed by atoms with Crippen molar-refractivity contribution in [3.05, 3.63) is 0 Å². The molecule has 2 N–H and O–H groups in total. The molecule has 0 heterocycles. The Morgan fingerprint density at radius 2 is 1.75 bits per heavy atom. The van der Waals surface area contributed by atoms with Gasteiger partial charge < -0.3 is 15.4 Å². The Kier molecular flexibility index (Phi) is 4.95. The maximum absolute atomic E-state index is 11.7. The lowest BCUT2D eigenvalue weighted by Crippen LogP contribution is -2.44. The molecule has 2 rings (SSSR count). The molecule has 0 aliphatic heterocycles. The highest BCUT2D eigenvalue weighted by molar-refractivity contribution is 5.68. The number of hydrogen-bond acceptors (Lipinski definition) is 3. The largest absolute Gasteiger partial charge is 0.444 e. The zero-order valence-electron chi connectivity index (χ0n) is 13.4. The van der Waals surface area contributed by atoms with E-state index in [1.165, 1.54) is 12.8 Å². The number of hydrogen-bond donors (Lipinski definition) is 2. The molecule has 2 saturated carbocycles. The van der Waals surface area contributed by atoms with Crippen molar-refractivity contribution < 1.29 is 9.53 Å². The van der Waals surface area contributed by atoms with Crippen LogP contribution in [0.2, 0.25) is 0 Å². The average Bonchev–Trinajstić information content (AvgIpc) is 3.07. The van der Waals surface area contributed by atoms with Gasteiger partial charge in [0.15, 0.2) is 0 Å². The first-order chi connectivity index (χ1) is 9.37. The van der Waals surface area contributed by atoms with Gasteiger partial charge in [-0.2, -0.15) is 0 Å². The smallest absolute Gasteiger partial charge is 0.407 e. The number of carbonyl (C=O) groups is 1. The van der Waals surface area contributed by atoms with E-state index >= 15 is 0 Å². The lowest BCUT2D eigenvalue weighted by Gasteiger charge is -2.30. The van der Waals surface area contributed by atoms with Crippen molar-refractivity contribution in [3.63, 3.8) is 0 Å². The number of rotatable bonds is 4. The second-order valence-corrected chi connectivity index (χ2v) is 7.37. The molecule has 2 aliphatic carbocycles. The Morgan fingerprint density at radius 1 is 1.15 bits per heavy atom. The van der Waals surface area contributed by atoms with Gasteiger partial charge in [-0.1, -0.05) is 13.3 Å². The van der Waals surface area contributed by atoms with Crippen LogP contribution in [0, 0.1) is 5.92 Å². The fourth-order valence-corrected chi connectivity index (χ4v) is 3.08. The van der Waals surface area contributed by atoms with Crippen LogP contribution < -0.4 is 10.6 Å². The van der Waals surface area contributed by atoms with Gasteiger partial charge in [0.1, 0.15) is 5.60 Å². The summed E-state index contributed by atoms with van der Waals surface area (Å²) in [5, 5.41) is 6.76. The van der Waals surface area contributed by atoms with Crippen molar-refractivity contribution in [1.82, 2.24) is 10.6 Å². The summed E-state index contributed by atoms with van der Waals surface area (Å²) >= 11 is 0. The van der Waals surface area contributed by atoms with Crippen LogP contribution in [0.3, 0.4) is 0 Å². The highest BCUT2D eigenvalue weighted by Crippen LogP contribution is 2.34. The first-order valence-electron chi connectivity index (χ1n) is 8.13. The minimum Gasteiger partial charge on any atom is -0.444 e. The molecule has 0 aromatic heterocycles. The Balaban J connectivity index is 1.63. The van der Waals surface area contributed by atoms with Crippen molar-refractivity contribution in [1.29, 1.82) is 0 Å². The summed E-state index contributed by atoms with van der Waals surface area (Å²) in [6, 6.07) is 1.69. The third-order valence-corrected chi connectivity index (χ3v) is 4.34. The molecular formula is C16H30N2O2. The van der Waals surface area contributed by atoms with Gasteiger partial charge in [-0.15, -0.1) is 0 Å². The van der Waals surface area contributed by atoms with Crippen molar-refractivity contribution in [2.24, 2.45) is 5.92 Å². The minimum atomic E-state index is -0.413. The first kappa shape index (κ1) is 15.6. The monoisotopic (exact) mass is 282 g/mol. The normalized spacial score (nSPS) is 33.6. The van der Waals surface area contributed by atoms with E-state index in [4.69, 9.17) is 4.74 Å². The van der Waals surface area contributed by atoms with E-state index in [-0.39, 0.29) is 12.1 Å². The number of amides is 1. The summed E-state index contributed by atoms with van der Waals surface area (Å²) < 4.78 is 5.30. The van der Waals surface area contributed by atoms with Gasteiger partial charge in [0, 0.05) is 18.1 Å². The van der Waals surface area contributed by atoms with Crippen LogP contribution in [-0.4, -0.2) is 29.8 Å². The zero-order chi connectivity index (χ0) is 14.8. The van der Waals surface area contributed by atoms with Gasteiger partial charge in [0.05, 0.1) is 0 Å². The maximum atomic E-state index is 11.7. The van der Waals surface area contributed by atoms with Gasteiger partial charge in [0.25, 0.3) is 0 Å². The van der Waals surface area contributed by atoms with Crippen LogP contribution in [0.5, 0.6) is 0 Å². The fourth-order valence-electron chi connectivity index (χ4n) is 3.08. The van der Waals surface area contributed by atoms with Crippen molar-refractivity contribution in [2.75, 3.05) is 0 Å². The first-order valence-corrected chi connectivity index (χ1v) is 8.13. The number of ether oxygens (including phenoxy) is 1. The predicted octanol–water partition coefficient (Wildman–Crippen LogP) is 3.21. The van der Waals surface area contributed by atoms with E-state index in [0.717, 1.165) is 37.6 Å². The molecule has 0 spiro atoms. The average molecular weight is 282 g/mol. The molecule has 4 heteroatoms. The van der Waals surface area contributed by atoms with E-state index < -0.39 is 5.60 Å². The summed E-state index contributed by atoms with van der Waals surface area (Å²) in [6.45, 7) is 7.96. The molecule has 116 valence electrons. The Hall–Kier alpha value is -0.770. The Labute approximate surface area is 123 Å². The van der Waals surface area contributed by atoms with Gasteiger partial charge in [-0.25, -0.2) is 4.79 Å². The summed E-state index contributed by atoms with van der Waals surface area (Å²) in [5.74, 6) is 0.910. The van der Waals surface area contributed by atoms with Crippen molar-refractivity contribution in [2.45, 2.75) is 89.9 Å². The number of alkyl carbamates (subject to hydrolysis) is 1. The predicted molar refractivity (Wildman–Crippen MR) is 80.7 cm³/mol. The molecule has 2 unspecified atom stereocenters. The number of carbonyl (C=O) groups excluding carboxylic acids is 1. The lowest BCUT2D eigenvalue weighted by molar-refractivity contribution is 0.0489. The van der Waals surface area contributed by atoms with Gasteiger partial charge in [-0.05, 0) is 58.8 Å². The SMILES string of the molecule is CCC1CC1NC1CCC(NC(=O)OC(C)(C)C)CC1. The second-order valence-electron chi connectivity index (χ2n) is 7.37. The van der Waals surface area contributed by atoms with Gasteiger partial charge >= 0.3 is 6.09 Å². The van der Waals surface area contributed by atoms with Gasteiger partial charge in [0.2, 0.25) is 0 Å². The van der Waals surface area contributed by atoms with Crippen LogP contribution >= 0.6 is 0 Å². The summed E-state index contributed by atoms with van der Waals surface area (Å²) in [4.78, 5) is 11.7. The highest BCUT2D eigenvalue weighted by atomic mass is 16.6. The van der Waals surface area contributed by atoms with E-state index in [0.29, 0.717) is 6.04 Å². The molecule has 2 aliphatic rings. The summed E-state index contributed by atoms with van der Waals surface area (Å²) in [7, 11) is 0.